The summed E-state index contributed by atoms with van der Waals surface area (Å²) >= 11 is 6.05. The number of rotatable bonds is 5. The monoisotopic (exact) mass is 333 g/mol. The van der Waals surface area contributed by atoms with E-state index in [0.717, 1.165) is 5.56 Å². The molecule has 4 nitrogen and oxygen atoms in total. The van der Waals surface area contributed by atoms with Crippen molar-refractivity contribution in [2.24, 2.45) is 0 Å². The first-order valence-corrected chi connectivity index (χ1v) is 7.67. The Balaban J connectivity index is 2.02. The van der Waals surface area contributed by atoms with Crippen molar-refractivity contribution in [2.45, 2.75) is 26.9 Å². The molecule has 2 aromatic carbocycles. The van der Waals surface area contributed by atoms with E-state index in [0.29, 0.717) is 22.2 Å². The number of benzene rings is 2. The summed E-state index contributed by atoms with van der Waals surface area (Å²) in [6, 6.07) is 10.8. The normalized spacial score (nSPS) is 11.7. The molecule has 1 amide bonds. The Morgan fingerprint density at radius 3 is 2.48 bits per heavy atom. The highest BCUT2D eigenvalue weighted by Crippen LogP contribution is 2.27. The van der Waals surface area contributed by atoms with Gasteiger partial charge in [0.2, 0.25) is 0 Å². The van der Waals surface area contributed by atoms with Crippen molar-refractivity contribution >= 4 is 23.2 Å². The third kappa shape index (κ3) is 4.39. The number of carbonyl (C=O) groups is 1. The Labute approximate surface area is 141 Å². The summed E-state index contributed by atoms with van der Waals surface area (Å²) in [6.45, 7) is 5.74. The molecule has 0 heterocycles. The minimum absolute atomic E-state index is 0.246. The third-order valence-corrected chi connectivity index (χ3v) is 3.88. The minimum atomic E-state index is -0.627. The number of carbonyl (C=O) groups excluding carboxylic acids is 1. The first-order valence-electron chi connectivity index (χ1n) is 7.29. The highest BCUT2D eigenvalue weighted by molar-refractivity contribution is 6.32. The molecular formula is C18H20ClNO3. The Morgan fingerprint density at radius 1 is 1.13 bits per heavy atom. The quantitative estimate of drug-likeness (QED) is 0.883. The van der Waals surface area contributed by atoms with Gasteiger partial charge in [-0.3, -0.25) is 4.79 Å². The van der Waals surface area contributed by atoms with Crippen LogP contribution >= 0.6 is 11.6 Å². The second kappa shape index (κ2) is 7.38. The zero-order chi connectivity index (χ0) is 17.0. The van der Waals surface area contributed by atoms with Gasteiger partial charge in [-0.25, -0.2) is 0 Å². The number of anilines is 1. The predicted octanol–water partition coefficient (Wildman–Crippen LogP) is 4.37. The van der Waals surface area contributed by atoms with Gasteiger partial charge in [-0.2, -0.15) is 0 Å². The summed E-state index contributed by atoms with van der Waals surface area (Å²) in [5.41, 5.74) is 2.90. The summed E-state index contributed by atoms with van der Waals surface area (Å²) in [7, 11) is 1.54. The molecule has 0 aliphatic rings. The summed E-state index contributed by atoms with van der Waals surface area (Å²) in [5, 5.41) is 3.21. The fraction of sp³-hybridized carbons (Fsp3) is 0.278. The molecule has 1 atom stereocenters. The molecule has 1 N–H and O–H groups in total. The van der Waals surface area contributed by atoms with Crippen LogP contribution in [0.5, 0.6) is 11.5 Å². The first kappa shape index (κ1) is 17.2. The zero-order valence-electron chi connectivity index (χ0n) is 13.6. The van der Waals surface area contributed by atoms with E-state index in [1.165, 1.54) is 5.56 Å². The van der Waals surface area contributed by atoms with E-state index in [-0.39, 0.29) is 5.91 Å². The molecule has 0 unspecified atom stereocenters. The second-order valence-electron chi connectivity index (χ2n) is 5.34. The van der Waals surface area contributed by atoms with Crippen LogP contribution in [0.4, 0.5) is 5.69 Å². The maximum Gasteiger partial charge on any atom is 0.265 e. The lowest BCUT2D eigenvalue weighted by molar-refractivity contribution is -0.122. The number of amides is 1. The molecule has 0 radical (unpaired) electrons. The van der Waals surface area contributed by atoms with Gasteiger partial charge in [-0.1, -0.05) is 17.7 Å². The van der Waals surface area contributed by atoms with E-state index >= 15 is 0 Å². The molecule has 0 spiro atoms. The SMILES string of the molecule is COc1ccc(NC(=O)[C@H](C)Oc2ccc(C)c(C)c2)cc1Cl. The van der Waals surface area contributed by atoms with Crippen molar-refractivity contribution in [3.05, 3.63) is 52.5 Å². The maximum atomic E-state index is 12.2. The average molecular weight is 334 g/mol. The van der Waals surface area contributed by atoms with Gasteiger partial charge in [-0.05, 0) is 62.2 Å². The highest BCUT2D eigenvalue weighted by atomic mass is 35.5. The Morgan fingerprint density at radius 2 is 1.87 bits per heavy atom. The van der Waals surface area contributed by atoms with E-state index in [2.05, 4.69) is 5.32 Å². The lowest BCUT2D eigenvalue weighted by Gasteiger charge is -2.16. The second-order valence-corrected chi connectivity index (χ2v) is 5.75. The summed E-state index contributed by atoms with van der Waals surface area (Å²) in [6.07, 6.45) is -0.627. The van der Waals surface area contributed by atoms with Crippen LogP contribution in [0.2, 0.25) is 5.02 Å². The number of ether oxygens (including phenoxy) is 2. The average Bonchev–Trinajstić information content (AvgIpc) is 2.51. The molecule has 2 rings (SSSR count). The Bertz CT molecular complexity index is 715. The van der Waals surface area contributed by atoms with E-state index in [1.54, 1.807) is 32.2 Å². The molecule has 2 aromatic rings. The van der Waals surface area contributed by atoms with E-state index in [9.17, 15) is 4.79 Å². The molecule has 0 saturated heterocycles. The maximum absolute atomic E-state index is 12.2. The number of aryl methyl sites for hydroxylation is 2. The molecular weight excluding hydrogens is 314 g/mol. The molecule has 0 saturated carbocycles. The Hall–Kier alpha value is -2.20. The number of methoxy groups -OCH3 is 1. The largest absolute Gasteiger partial charge is 0.495 e. The Kier molecular flexibility index (Phi) is 5.50. The van der Waals surface area contributed by atoms with Crippen molar-refractivity contribution in [1.82, 2.24) is 0 Å². The van der Waals surface area contributed by atoms with Crippen LogP contribution in [0.15, 0.2) is 36.4 Å². The van der Waals surface area contributed by atoms with E-state index < -0.39 is 6.10 Å². The number of hydrogen-bond donors (Lipinski definition) is 1. The van der Waals surface area contributed by atoms with Gasteiger partial charge in [0.1, 0.15) is 11.5 Å². The molecule has 23 heavy (non-hydrogen) atoms. The topological polar surface area (TPSA) is 47.6 Å². The van der Waals surface area contributed by atoms with E-state index in [4.69, 9.17) is 21.1 Å². The molecule has 0 fully saturated rings. The van der Waals surface area contributed by atoms with Gasteiger partial charge in [0.05, 0.1) is 12.1 Å². The summed E-state index contributed by atoms with van der Waals surface area (Å²) < 4.78 is 10.8. The minimum Gasteiger partial charge on any atom is -0.495 e. The zero-order valence-corrected chi connectivity index (χ0v) is 14.4. The molecule has 0 aliphatic heterocycles. The van der Waals surface area contributed by atoms with Gasteiger partial charge in [0.15, 0.2) is 6.10 Å². The predicted molar refractivity (Wildman–Crippen MR) is 92.6 cm³/mol. The van der Waals surface area contributed by atoms with Crippen LogP contribution in [0.1, 0.15) is 18.1 Å². The van der Waals surface area contributed by atoms with Crippen LogP contribution in [-0.4, -0.2) is 19.1 Å². The lowest BCUT2D eigenvalue weighted by Crippen LogP contribution is -2.30. The van der Waals surface area contributed by atoms with E-state index in [1.807, 2.05) is 32.0 Å². The number of halogens is 1. The number of hydrogen-bond acceptors (Lipinski definition) is 3. The molecule has 5 heteroatoms. The third-order valence-electron chi connectivity index (χ3n) is 3.58. The van der Waals surface area contributed by atoms with Crippen molar-refractivity contribution < 1.29 is 14.3 Å². The molecule has 0 aromatic heterocycles. The van der Waals surface area contributed by atoms with Crippen LogP contribution in [-0.2, 0) is 4.79 Å². The van der Waals surface area contributed by atoms with Crippen LogP contribution in [0, 0.1) is 13.8 Å². The fourth-order valence-corrected chi connectivity index (χ4v) is 2.29. The number of nitrogens with one attached hydrogen (secondary N) is 1. The standard InChI is InChI=1S/C18H20ClNO3/c1-11-5-7-15(9-12(11)2)23-13(3)18(21)20-14-6-8-17(22-4)16(19)10-14/h5-10,13H,1-4H3,(H,20,21)/t13-/m0/s1. The highest BCUT2D eigenvalue weighted by Gasteiger charge is 2.15. The van der Waals surface area contributed by atoms with Gasteiger partial charge in [0.25, 0.3) is 5.91 Å². The first-order chi connectivity index (χ1) is 10.9. The van der Waals surface area contributed by atoms with Gasteiger partial charge in [0, 0.05) is 5.69 Å². The van der Waals surface area contributed by atoms with Crippen LogP contribution < -0.4 is 14.8 Å². The smallest absolute Gasteiger partial charge is 0.265 e. The van der Waals surface area contributed by atoms with Crippen molar-refractivity contribution in [2.75, 3.05) is 12.4 Å². The molecule has 0 aliphatic carbocycles. The van der Waals surface area contributed by atoms with Crippen LogP contribution in [0.3, 0.4) is 0 Å². The van der Waals surface area contributed by atoms with Crippen molar-refractivity contribution in [1.29, 1.82) is 0 Å². The van der Waals surface area contributed by atoms with Crippen molar-refractivity contribution in [3.8, 4) is 11.5 Å². The molecule has 0 bridgehead atoms. The summed E-state index contributed by atoms with van der Waals surface area (Å²) in [4.78, 5) is 12.2. The van der Waals surface area contributed by atoms with Crippen molar-refractivity contribution in [3.63, 3.8) is 0 Å². The lowest BCUT2D eigenvalue weighted by atomic mass is 10.1. The van der Waals surface area contributed by atoms with Gasteiger partial charge >= 0.3 is 0 Å². The molecule has 122 valence electrons. The van der Waals surface area contributed by atoms with Gasteiger partial charge in [-0.15, -0.1) is 0 Å². The fourth-order valence-electron chi connectivity index (χ4n) is 2.03. The van der Waals surface area contributed by atoms with Gasteiger partial charge < -0.3 is 14.8 Å². The summed E-state index contributed by atoms with van der Waals surface area (Å²) in [5.74, 6) is 0.983. The van der Waals surface area contributed by atoms with Crippen LogP contribution in [0.25, 0.3) is 0 Å².